The third-order valence-corrected chi connectivity index (χ3v) is 2.12. The molecule has 1 rings (SSSR count). The summed E-state index contributed by atoms with van der Waals surface area (Å²) in [5.74, 6) is 0.107. The fraction of sp³-hybridized carbons (Fsp3) is 0.273. The van der Waals surface area contributed by atoms with Crippen LogP contribution in [0.15, 0.2) is 18.2 Å². The van der Waals surface area contributed by atoms with Gasteiger partial charge in [-0.2, -0.15) is 0 Å². The van der Waals surface area contributed by atoms with E-state index in [1.54, 1.807) is 6.07 Å². The van der Waals surface area contributed by atoms with E-state index >= 15 is 0 Å². The molecule has 80 valence electrons. The molecule has 0 bridgehead atoms. The van der Waals surface area contributed by atoms with Crippen LogP contribution in [-0.4, -0.2) is 23.7 Å². The van der Waals surface area contributed by atoms with Crippen LogP contribution in [0.4, 0.5) is 0 Å². The number of aromatic hydroxyl groups is 1. The van der Waals surface area contributed by atoms with Crippen molar-refractivity contribution in [2.45, 2.75) is 18.9 Å². The van der Waals surface area contributed by atoms with Crippen molar-refractivity contribution in [3.63, 3.8) is 0 Å². The number of nitrogens with two attached hydrogens (primary N) is 1. The second-order valence-electron chi connectivity index (χ2n) is 3.33. The minimum atomic E-state index is -0.569. The lowest BCUT2D eigenvalue weighted by Gasteiger charge is -2.09. The fourth-order valence-corrected chi connectivity index (χ4v) is 1.39. The van der Waals surface area contributed by atoms with E-state index in [9.17, 15) is 14.7 Å². The number of hydrogen-bond acceptors (Lipinski definition) is 4. The van der Waals surface area contributed by atoms with Gasteiger partial charge < -0.3 is 20.4 Å². The maximum Gasteiger partial charge on any atom is 0.137 e. The molecule has 0 aromatic heterocycles. The number of carbonyl (C=O) groups is 2. The van der Waals surface area contributed by atoms with Crippen molar-refractivity contribution in [1.82, 2.24) is 0 Å². The van der Waals surface area contributed by atoms with Gasteiger partial charge >= 0.3 is 0 Å². The van der Waals surface area contributed by atoms with Crippen LogP contribution in [0, 0.1) is 0 Å². The molecule has 3 N–H and O–H groups in total. The number of aldehydes is 2. The summed E-state index contributed by atoms with van der Waals surface area (Å²) in [4.78, 5) is 20.8. The van der Waals surface area contributed by atoms with Crippen molar-refractivity contribution in [2.24, 2.45) is 5.73 Å². The highest BCUT2D eigenvalue weighted by Crippen LogP contribution is 2.17. The van der Waals surface area contributed by atoms with Crippen LogP contribution < -0.4 is 5.73 Å². The Morgan fingerprint density at radius 3 is 2.67 bits per heavy atom. The quantitative estimate of drug-likeness (QED) is 0.676. The van der Waals surface area contributed by atoms with E-state index < -0.39 is 6.04 Å². The molecule has 0 aliphatic carbocycles. The van der Waals surface area contributed by atoms with Crippen LogP contribution in [0.1, 0.15) is 11.1 Å². The van der Waals surface area contributed by atoms with Crippen molar-refractivity contribution < 1.29 is 14.7 Å². The Kier molecular flexibility index (Phi) is 4.00. The number of rotatable bonds is 5. The molecule has 0 amide bonds. The second kappa shape index (κ2) is 5.26. The number of phenolic OH excluding ortho intramolecular Hbond substituents is 1. The zero-order chi connectivity index (χ0) is 11.3. The molecular weight excluding hydrogens is 194 g/mol. The van der Waals surface area contributed by atoms with Gasteiger partial charge in [0.1, 0.15) is 18.3 Å². The van der Waals surface area contributed by atoms with Crippen LogP contribution in [-0.2, 0) is 22.4 Å². The lowest BCUT2D eigenvalue weighted by atomic mass is 9.99. The predicted octanol–water partition coefficient (Wildman–Crippen LogP) is 0.202. The minimum absolute atomic E-state index is 0.107. The van der Waals surface area contributed by atoms with E-state index in [4.69, 9.17) is 5.73 Å². The maximum atomic E-state index is 10.4. The standard InChI is InChI=1S/C11H13NO3/c12-10(7-14)5-8-1-2-11(15)6-9(8)3-4-13/h1-2,4,6-7,10,15H,3,5,12H2/t10-/m0/s1. The molecule has 4 nitrogen and oxygen atoms in total. The molecule has 0 radical (unpaired) electrons. The van der Waals surface area contributed by atoms with Gasteiger partial charge in [-0.1, -0.05) is 6.07 Å². The van der Waals surface area contributed by atoms with Gasteiger partial charge in [0, 0.05) is 6.42 Å². The summed E-state index contributed by atoms with van der Waals surface area (Å²) in [7, 11) is 0. The Morgan fingerprint density at radius 1 is 1.33 bits per heavy atom. The first-order valence-corrected chi connectivity index (χ1v) is 4.62. The summed E-state index contributed by atoms with van der Waals surface area (Å²) >= 11 is 0. The molecule has 1 atom stereocenters. The molecule has 0 saturated carbocycles. The molecule has 0 aliphatic rings. The Labute approximate surface area is 87.7 Å². The molecular formula is C11H13NO3. The molecule has 0 spiro atoms. The number of benzene rings is 1. The molecule has 1 aromatic carbocycles. The first-order chi connectivity index (χ1) is 7.17. The average Bonchev–Trinajstić information content (AvgIpc) is 2.22. The van der Waals surface area contributed by atoms with E-state index in [0.717, 1.165) is 11.8 Å². The van der Waals surface area contributed by atoms with Gasteiger partial charge in [0.25, 0.3) is 0 Å². The van der Waals surface area contributed by atoms with Crippen molar-refractivity contribution in [2.75, 3.05) is 0 Å². The molecule has 4 heteroatoms. The highest BCUT2D eigenvalue weighted by molar-refractivity contribution is 5.60. The number of phenols is 1. The van der Waals surface area contributed by atoms with E-state index in [0.29, 0.717) is 18.3 Å². The Balaban J connectivity index is 2.94. The summed E-state index contributed by atoms with van der Waals surface area (Å²) in [6.45, 7) is 0. The van der Waals surface area contributed by atoms with Gasteiger partial charge in [-0.25, -0.2) is 0 Å². The second-order valence-corrected chi connectivity index (χ2v) is 3.33. The molecule has 15 heavy (non-hydrogen) atoms. The molecule has 0 aliphatic heterocycles. The largest absolute Gasteiger partial charge is 0.508 e. The lowest BCUT2D eigenvalue weighted by Crippen LogP contribution is -2.24. The summed E-state index contributed by atoms with van der Waals surface area (Å²) in [5, 5.41) is 9.24. The molecule has 1 aromatic rings. The highest BCUT2D eigenvalue weighted by Gasteiger charge is 2.07. The molecule has 0 saturated heterocycles. The van der Waals surface area contributed by atoms with Crippen LogP contribution in [0.5, 0.6) is 5.75 Å². The van der Waals surface area contributed by atoms with Gasteiger partial charge in [0.2, 0.25) is 0 Å². The van der Waals surface area contributed by atoms with Crippen molar-refractivity contribution in [3.8, 4) is 5.75 Å². The van der Waals surface area contributed by atoms with Crippen LogP contribution >= 0.6 is 0 Å². The monoisotopic (exact) mass is 207 g/mol. The lowest BCUT2D eigenvalue weighted by molar-refractivity contribution is -0.109. The Hall–Kier alpha value is -1.68. The molecule has 0 heterocycles. The summed E-state index contributed by atoms with van der Waals surface area (Å²) in [5.41, 5.74) is 7.02. The van der Waals surface area contributed by atoms with Gasteiger partial charge in [-0.05, 0) is 29.7 Å². The highest BCUT2D eigenvalue weighted by atomic mass is 16.3. The topological polar surface area (TPSA) is 80.4 Å². The fourth-order valence-electron chi connectivity index (χ4n) is 1.39. The van der Waals surface area contributed by atoms with E-state index in [2.05, 4.69) is 0 Å². The van der Waals surface area contributed by atoms with Crippen molar-refractivity contribution in [1.29, 1.82) is 0 Å². The first-order valence-electron chi connectivity index (χ1n) is 4.62. The number of carbonyl (C=O) groups excluding carboxylic acids is 2. The zero-order valence-electron chi connectivity index (χ0n) is 8.22. The Bertz CT molecular complexity index is 363. The third kappa shape index (κ3) is 3.18. The summed E-state index contributed by atoms with van der Waals surface area (Å²) < 4.78 is 0. The van der Waals surface area contributed by atoms with Gasteiger partial charge in [-0.15, -0.1) is 0 Å². The summed E-state index contributed by atoms with van der Waals surface area (Å²) in [6, 6.07) is 4.14. The van der Waals surface area contributed by atoms with Crippen LogP contribution in [0.3, 0.4) is 0 Å². The molecule has 0 fully saturated rings. The van der Waals surface area contributed by atoms with Crippen LogP contribution in [0.25, 0.3) is 0 Å². The SMILES string of the molecule is N[C@H](C=O)Cc1ccc(O)cc1CC=O. The van der Waals surface area contributed by atoms with E-state index in [1.165, 1.54) is 12.1 Å². The van der Waals surface area contributed by atoms with Crippen LogP contribution in [0.2, 0.25) is 0 Å². The van der Waals surface area contributed by atoms with Gasteiger partial charge in [-0.3, -0.25) is 0 Å². The predicted molar refractivity (Wildman–Crippen MR) is 55.6 cm³/mol. The minimum Gasteiger partial charge on any atom is -0.508 e. The first kappa shape index (κ1) is 11.4. The summed E-state index contributed by atoms with van der Waals surface area (Å²) in [6.07, 6.45) is 2.02. The third-order valence-electron chi connectivity index (χ3n) is 2.12. The number of hydrogen-bond donors (Lipinski definition) is 2. The normalized spacial score (nSPS) is 12.1. The zero-order valence-corrected chi connectivity index (χ0v) is 8.22. The Morgan fingerprint density at radius 2 is 2.07 bits per heavy atom. The van der Waals surface area contributed by atoms with Crippen molar-refractivity contribution in [3.05, 3.63) is 29.3 Å². The van der Waals surface area contributed by atoms with Crippen molar-refractivity contribution >= 4 is 12.6 Å². The smallest absolute Gasteiger partial charge is 0.137 e. The van der Waals surface area contributed by atoms with E-state index in [1.807, 2.05) is 0 Å². The maximum absolute atomic E-state index is 10.4. The average molecular weight is 207 g/mol. The van der Waals surface area contributed by atoms with Gasteiger partial charge in [0.15, 0.2) is 0 Å². The van der Waals surface area contributed by atoms with E-state index in [-0.39, 0.29) is 12.2 Å². The molecule has 0 unspecified atom stereocenters. The van der Waals surface area contributed by atoms with Gasteiger partial charge in [0.05, 0.1) is 6.04 Å².